The molecule has 2 rings (SSSR count). The van der Waals surface area contributed by atoms with Crippen LogP contribution in [0.4, 0.5) is 0 Å². The molecule has 1 aliphatic heterocycles. The molecular formula is C16H29NO2. The second-order valence-electron chi connectivity index (χ2n) is 5.77. The van der Waals surface area contributed by atoms with Gasteiger partial charge in [-0.25, -0.2) is 0 Å². The van der Waals surface area contributed by atoms with Gasteiger partial charge < -0.3 is 14.8 Å². The molecule has 1 saturated carbocycles. The predicted octanol–water partition coefficient (Wildman–Crippen LogP) is 3.40. The minimum atomic E-state index is -0.0737. The number of ether oxygens (including phenoxy) is 2. The van der Waals surface area contributed by atoms with E-state index in [1.165, 1.54) is 25.7 Å². The lowest BCUT2D eigenvalue weighted by molar-refractivity contribution is -0.0572. The molecule has 1 unspecified atom stereocenters. The molecule has 0 amide bonds. The van der Waals surface area contributed by atoms with Crippen molar-refractivity contribution in [2.24, 2.45) is 0 Å². The Morgan fingerprint density at radius 2 is 2.00 bits per heavy atom. The van der Waals surface area contributed by atoms with Crippen LogP contribution in [0.15, 0.2) is 11.8 Å². The standard InChI is InChI=1S/C16H29NO2/c1-3-17-15(14-10-6-9-13-19-14)16(18-2)11-7-4-5-8-12-16/h10,15,17H,3-9,11-13H2,1-2H3. The fourth-order valence-corrected chi connectivity index (χ4v) is 3.47. The summed E-state index contributed by atoms with van der Waals surface area (Å²) in [5.74, 6) is 1.12. The van der Waals surface area contributed by atoms with E-state index in [1.54, 1.807) is 0 Å². The van der Waals surface area contributed by atoms with Gasteiger partial charge in [-0.3, -0.25) is 0 Å². The zero-order valence-electron chi connectivity index (χ0n) is 12.5. The maximum Gasteiger partial charge on any atom is 0.112 e. The highest BCUT2D eigenvalue weighted by atomic mass is 16.5. The molecule has 0 aromatic carbocycles. The number of likely N-dealkylation sites (N-methyl/N-ethyl adjacent to an activating group) is 1. The summed E-state index contributed by atoms with van der Waals surface area (Å²) < 4.78 is 12.0. The first kappa shape index (κ1) is 14.9. The summed E-state index contributed by atoms with van der Waals surface area (Å²) >= 11 is 0. The molecule has 0 aromatic rings. The Balaban J connectivity index is 2.20. The Bertz CT molecular complexity index is 293. The zero-order valence-corrected chi connectivity index (χ0v) is 12.5. The quantitative estimate of drug-likeness (QED) is 0.774. The van der Waals surface area contributed by atoms with Gasteiger partial charge in [0.2, 0.25) is 0 Å². The summed E-state index contributed by atoms with van der Waals surface area (Å²) in [6, 6.07) is 0.223. The molecule has 0 radical (unpaired) electrons. The number of methoxy groups -OCH3 is 1. The first-order valence-corrected chi connectivity index (χ1v) is 7.94. The largest absolute Gasteiger partial charge is 0.496 e. The highest BCUT2D eigenvalue weighted by Gasteiger charge is 2.41. The number of hydrogen-bond acceptors (Lipinski definition) is 3. The Hall–Kier alpha value is -0.540. The topological polar surface area (TPSA) is 30.5 Å². The molecule has 1 N–H and O–H groups in total. The second-order valence-corrected chi connectivity index (χ2v) is 5.77. The second kappa shape index (κ2) is 7.30. The van der Waals surface area contributed by atoms with Gasteiger partial charge >= 0.3 is 0 Å². The first-order chi connectivity index (χ1) is 9.32. The molecule has 0 bridgehead atoms. The van der Waals surface area contributed by atoms with Crippen LogP contribution in [0.1, 0.15) is 58.3 Å². The Morgan fingerprint density at radius 1 is 1.26 bits per heavy atom. The summed E-state index contributed by atoms with van der Waals surface area (Å²) in [7, 11) is 1.87. The van der Waals surface area contributed by atoms with Gasteiger partial charge in [0.1, 0.15) is 5.76 Å². The monoisotopic (exact) mass is 267 g/mol. The van der Waals surface area contributed by atoms with Crippen LogP contribution in [0, 0.1) is 0 Å². The van der Waals surface area contributed by atoms with E-state index in [1.807, 2.05) is 7.11 Å². The fourth-order valence-electron chi connectivity index (χ4n) is 3.47. The van der Waals surface area contributed by atoms with Gasteiger partial charge in [-0.15, -0.1) is 0 Å². The minimum Gasteiger partial charge on any atom is -0.496 e. The molecular weight excluding hydrogens is 238 g/mol. The van der Waals surface area contributed by atoms with Gasteiger partial charge in [0.25, 0.3) is 0 Å². The van der Waals surface area contributed by atoms with Gasteiger partial charge in [-0.1, -0.05) is 32.6 Å². The van der Waals surface area contributed by atoms with Crippen LogP contribution in [0.5, 0.6) is 0 Å². The molecule has 0 saturated heterocycles. The summed E-state index contributed by atoms with van der Waals surface area (Å²) in [6.45, 7) is 3.97. The summed E-state index contributed by atoms with van der Waals surface area (Å²) in [5.41, 5.74) is -0.0737. The van der Waals surface area contributed by atoms with Crippen molar-refractivity contribution < 1.29 is 9.47 Å². The average Bonchev–Trinajstić information content (AvgIpc) is 2.72. The van der Waals surface area contributed by atoms with E-state index in [9.17, 15) is 0 Å². The van der Waals surface area contributed by atoms with Crippen LogP contribution < -0.4 is 5.32 Å². The van der Waals surface area contributed by atoms with Crippen LogP contribution in [0.25, 0.3) is 0 Å². The number of hydrogen-bond donors (Lipinski definition) is 1. The summed E-state index contributed by atoms with van der Waals surface area (Å²) in [5, 5.41) is 3.62. The van der Waals surface area contributed by atoms with E-state index < -0.39 is 0 Å². The van der Waals surface area contributed by atoms with Crippen molar-refractivity contribution in [3.63, 3.8) is 0 Å². The van der Waals surface area contributed by atoms with E-state index in [-0.39, 0.29) is 11.6 Å². The molecule has 1 heterocycles. The van der Waals surface area contributed by atoms with Gasteiger partial charge in [-0.2, -0.15) is 0 Å². The van der Waals surface area contributed by atoms with Crippen molar-refractivity contribution in [3.8, 4) is 0 Å². The van der Waals surface area contributed by atoms with Gasteiger partial charge in [0, 0.05) is 7.11 Å². The number of allylic oxidation sites excluding steroid dienone is 1. The van der Waals surface area contributed by atoms with Crippen molar-refractivity contribution in [3.05, 3.63) is 11.8 Å². The minimum absolute atomic E-state index is 0.0737. The highest BCUT2D eigenvalue weighted by Crippen LogP contribution is 2.36. The molecule has 0 spiro atoms. The zero-order chi connectivity index (χ0) is 13.6. The van der Waals surface area contributed by atoms with Gasteiger partial charge in [-0.05, 0) is 38.3 Å². The Morgan fingerprint density at radius 3 is 2.53 bits per heavy atom. The van der Waals surface area contributed by atoms with Crippen molar-refractivity contribution in [1.82, 2.24) is 5.32 Å². The van der Waals surface area contributed by atoms with Crippen molar-refractivity contribution in [2.75, 3.05) is 20.3 Å². The lowest BCUT2D eigenvalue weighted by Crippen LogP contribution is -2.53. The van der Waals surface area contributed by atoms with E-state index >= 15 is 0 Å². The Labute approximate surface area is 117 Å². The van der Waals surface area contributed by atoms with Crippen molar-refractivity contribution >= 4 is 0 Å². The van der Waals surface area contributed by atoms with Crippen molar-refractivity contribution in [1.29, 1.82) is 0 Å². The van der Waals surface area contributed by atoms with Crippen molar-refractivity contribution in [2.45, 2.75) is 69.9 Å². The number of nitrogens with one attached hydrogen (secondary N) is 1. The normalized spacial score (nSPS) is 25.1. The third-order valence-electron chi connectivity index (χ3n) is 4.54. The molecule has 110 valence electrons. The van der Waals surface area contributed by atoms with E-state index in [0.29, 0.717) is 0 Å². The summed E-state index contributed by atoms with van der Waals surface area (Å²) in [4.78, 5) is 0. The van der Waals surface area contributed by atoms with E-state index in [4.69, 9.17) is 9.47 Å². The molecule has 1 aliphatic carbocycles. The number of rotatable bonds is 5. The summed E-state index contributed by atoms with van der Waals surface area (Å²) in [6.07, 6.45) is 12.0. The molecule has 0 aromatic heterocycles. The lowest BCUT2D eigenvalue weighted by atomic mass is 9.84. The van der Waals surface area contributed by atoms with E-state index in [2.05, 4.69) is 18.3 Å². The lowest BCUT2D eigenvalue weighted by Gasteiger charge is -2.41. The average molecular weight is 267 g/mol. The van der Waals surface area contributed by atoms with E-state index in [0.717, 1.165) is 44.6 Å². The third kappa shape index (κ3) is 3.51. The first-order valence-electron chi connectivity index (χ1n) is 7.94. The Kier molecular flexibility index (Phi) is 5.71. The molecule has 3 heteroatoms. The molecule has 1 atom stereocenters. The van der Waals surface area contributed by atoms with Crippen LogP contribution in [0.3, 0.4) is 0 Å². The smallest absolute Gasteiger partial charge is 0.112 e. The SMILES string of the molecule is CCNC(C1=CCCCO1)C1(OC)CCCCCC1. The van der Waals surface area contributed by atoms with Gasteiger partial charge in [0.05, 0.1) is 18.2 Å². The fraction of sp³-hybridized carbons (Fsp3) is 0.875. The van der Waals surface area contributed by atoms with Crippen LogP contribution in [-0.4, -0.2) is 31.9 Å². The van der Waals surface area contributed by atoms with Crippen LogP contribution in [0.2, 0.25) is 0 Å². The third-order valence-corrected chi connectivity index (χ3v) is 4.54. The molecule has 1 fully saturated rings. The molecule has 19 heavy (non-hydrogen) atoms. The maximum atomic E-state index is 6.04. The highest BCUT2D eigenvalue weighted by molar-refractivity contribution is 5.14. The van der Waals surface area contributed by atoms with Gasteiger partial charge in [0.15, 0.2) is 0 Å². The molecule has 2 aliphatic rings. The maximum absolute atomic E-state index is 6.04. The van der Waals surface area contributed by atoms with Crippen LogP contribution >= 0.6 is 0 Å². The predicted molar refractivity (Wildman–Crippen MR) is 78.2 cm³/mol. The van der Waals surface area contributed by atoms with Crippen LogP contribution in [-0.2, 0) is 9.47 Å². The molecule has 3 nitrogen and oxygen atoms in total.